The number of esters is 1. The van der Waals surface area contributed by atoms with Crippen LogP contribution in [0.25, 0.3) is 11.1 Å². The molecule has 0 spiro atoms. The van der Waals surface area contributed by atoms with Crippen LogP contribution in [-0.2, 0) is 16.0 Å². The Hall–Kier alpha value is -4.17. The van der Waals surface area contributed by atoms with Gasteiger partial charge in [0, 0.05) is 25.2 Å². The number of Topliss-reactive ketones (excluding diaryl/α,β-unsaturated/α-hetero) is 1. The lowest BCUT2D eigenvalue weighted by Gasteiger charge is -2.27. The lowest BCUT2D eigenvalue weighted by atomic mass is 10.1. The van der Waals surface area contributed by atoms with Crippen molar-refractivity contribution in [3.8, 4) is 5.75 Å². The summed E-state index contributed by atoms with van der Waals surface area (Å²) in [5.74, 6) is -0.0173. The van der Waals surface area contributed by atoms with Crippen molar-refractivity contribution >= 4 is 34.6 Å². The first-order chi connectivity index (χ1) is 18.0. The van der Waals surface area contributed by atoms with E-state index >= 15 is 0 Å². The Labute approximate surface area is 215 Å². The Morgan fingerprint density at radius 1 is 1.05 bits per heavy atom. The number of hydrogen-bond donors (Lipinski definition) is 1. The Balaban J connectivity index is 1.31. The monoisotopic (exact) mass is 497 g/mol. The zero-order chi connectivity index (χ0) is 25.8. The molecular weight excluding hydrogens is 470 g/mol. The smallest absolute Gasteiger partial charge is 0.337 e. The van der Waals surface area contributed by atoms with Gasteiger partial charge in [0.2, 0.25) is 6.23 Å². The number of carbonyl (C=O) groups is 2. The summed E-state index contributed by atoms with van der Waals surface area (Å²) in [4.78, 5) is 31.6. The molecule has 0 amide bonds. The van der Waals surface area contributed by atoms with Crippen molar-refractivity contribution in [2.24, 2.45) is 0 Å². The highest BCUT2D eigenvalue weighted by molar-refractivity contribution is 5.89. The third-order valence-electron chi connectivity index (χ3n) is 6.19. The fraction of sp³-hybridized carbons (Fsp3) is 0.207. The molecule has 4 aromatic rings. The summed E-state index contributed by atoms with van der Waals surface area (Å²) in [5.41, 5.74) is 4.52. The topological polar surface area (TPSA) is 93.9 Å². The normalized spacial score (nSPS) is 14.4. The first-order valence-corrected chi connectivity index (χ1v) is 12.0. The van der Waals surface area contributed by atoms with E-state index in [2.05, 4.69) is 10.3 Å². The zero-order valence-corrected chi connectivity index (χ0v) is 20.6. The number of ketones is 1. The minimum atomic E-state index is -0.775. The second kappa shape index (κ2) is 10.8. The maximum Gasteiger partial charge on any atom is 0.337 e. The van der Waals surface area contributed by atoms with Crippen molar-refractivity contribution in [3.05, 3.63) is 96.3 Å². The van der Waals surface area contributed by atoms with Crippen molar-refractivity contribution in [1.82, 2.24) is 9.88 Å². The Kier molecular flexibility index (Phi) is 7.18. The van der Waals surface area contributed by atoms with Gasteiger partial charge in [-0.25, -0.2) is 4.79 Å². The molecule has 0 bridgehead atoms. The molecule has 37 heavy (non-hydrogen) atoms. The van der Waals surface area contributed by atoms with Gasteiger partial charge in [0.15, 0.2) is 11.4 Å². The molecule has 8 heteroatoms. The first-order valence-electron chi connectivity index (χ1n) is 12.0. The van der Waals surface area contributed by atoms with Crippen LogP contribution in [0.2, 0.25) is 0 Å². The maximum atomic E-state index is 13.4. The van der Waals surface area contributed by atoms with E-state index in [1.165, 1.54) is 7.11 Å². The van der Waals surface area contributed by atoms with Crippen LogP contribution >= 0.6 is 0 Å². The molecule has 1 aliphatic rings. The van der Waals surface area contributed by atoms with Gasteiger partial charge in [-0.05, 0) is 73.4 Å². The number of methoxy groups -OCH3 is 1. The molecular formula is C29H27N3O5. The number of anilines is 2. The molecule has 2 heterocycles. The van der Waals surface area contributed by atoms with Gasteiger partial charge < -0.3 is 19.2 Å². The molecule has 1 aliphatic heterocycles. The van der Waals surface area contributed by atoms with E-state index in [-0.39, 0.29) is 12.2 Å². The van der Waals surface area contributed by atoms with Crippen LogP contribution in [0.15, 0.2) is 71.1 Å². The number of ether oxygens (including phenoxy) is 2. The molecule has 188 valence electrons. The minimum Gasteiger partial charge on any atom is -0.468 e. The van der Waals surface area contributed by atoms with Crippen LogP contribution < -0.4 is 10.1 Å². The number of hydrogen-bond acceptors (Lipinski definition) is 8. The number of rotatable bonds is 9. The van der Waals surface area contributed by atoms with Crippen LogP contribution in [0.3, 0.4) is 0 Å². The third kappa shape index (κ3) is 5.65. The van der Waals surface area contributed by atoms with Crippen LogP contribution in [0, 0.1) is 19.8 Å². The summed E-state index contributed by atoms with van der Waals surface area (Å²) in [6.07, 6.45) is 3.40. The van der Waals surface area contributed by atoms with Crippen molar-refractivity contribution in [1.29, 1.82) is 0 Å². The molecule has 0 saturated carbocycles. The lowest BCUT2D eigenvalue weighted by Crippen LogP contribution is -2.44. The fourth-order valence-electron chi connectivity index (χ4n) is 4.20. The number of nitrogens with one attached hydrogen (secondary N) is 1. The van der Waals surface area contributed by atoms with Crippen LogP contribution in [0.4, 0.5) is 11.7 Å². The maximum absolute atomic E-state index is 13.4. The van der Waals surface area contributed by atoms with Gasteiger partial charge >= 0.3 is 5.97 Å². The molecule has 1 atom stereocenters. The predicted octanol–water partition coefficient (Wildman–Crippen LogP) is 4.91. The summed E-state index contributed by atoms with van der Waals surface area (Å²) < 4.78 is 16.8. The number of carbonyl (C=O) groups excluding carboxylic acids is 2. The van der Waals surface area contributed by atoms with Crippen LogP contribution in [0.5, 0.6) is 5.75 Å². The number of nitrogens with zero attached hydrogens (tertiary/aromatic N) is 2. The number of fused-ring (bicyclic) bond motifs is 1. The zero-order valence-electron chi connectivity index (χ0n) is 20.6. The number of aromatic nitrogens is 1. The van der Waals surface area contributed by atoms with E-state index in [1.54, 1.807) is 24.3 Å². The third-order valence-corrected chi connectivity index (χ3v) is 6.19. The van der Waals surface area contributed by atoms with Gasteiger partial charge in [0.1, 0.15) is 11.3 Å². The summed E-state index contributed by atoms with van der Waals surface area (Å²) in [6, 6.07) is 20.4. The second-order valence-corrected chi connectivity index (χ2v) is 8.82. The average Bonchev–Trinajstić information content (AvgIpc) is 3.58. The van der Waals surface area contributed by atoms with Gasteiger partial charge in [-0.3, -0.25) is 9.69 Å². The van der Waals surface area contributed by atoms with Gasteiger partial charge in [-0.15, -0.1) is 0 Å². The van der Waals surface area contributed by atoms with E-state index < -0.39 is 12.2 Å². The Bertz CT molecular complexity index is 1410. The molecule has 5 rings (SSSR count). The van der Waals surface area contributed by atoms with Crippen LogP contribution in [0.1, 0.15) is 21.5 Å². The van der Waals surface area contributed by atoms with E-state index in [4.69, 9.17) is 13.9 Å². The fourth-order valence-corrected chi connectivity index (χ4v) is 4.20. The number of oxazole rings is 1. The molecule has 1 unspecified atom stereocenters. The molecule has 1 N–H and O–H groups in total. The average molecular weight is 498 g/mol. The molecule has 0 aliphatic carbocycles. The molecule has 2 radical (unpaired) electrons. The number of aryl methyl sites for hydroxylation is 1. The molecule has 8 nitrogen and oxygen atoms in total. The van der Waals surface area contributed by atoms with E-state index in [9.17, 15) is 9.59 Å². The lowest BCUT2D eigenvalue weighted by molar-refractivity contribution is -0.132. The number of para-hydroxylation sites is 1. The highest BCUT2D eigenvalue weighted by Gasteiger charge is 2.30. The van der Waals surface area contributed by atoms with E-state index in [0.29, 0.717) is 41.5 Å². The quantitative estimate of drug-likeness (QED) is 0.326. The van der Waals surface area contributed by atoms with E-state index in [0.717, 1.165) is 16.8 Å². The molecule has 1 aromatic heterocycles. The summed E-state index contributed by atoms with van der Waals surface area (Å²) >= 11 is 0. The van der Waals surface area contributed by atoms with Crippen molar-refractivity contribution in [2.45, 2.75) is 19.6 Å². The van der Waals surface area contributed by atoms with Crippen molar-refractivity contribution in [3.63, 3.8) is 0 Å². The Morgan fingerprint density at radius 2 is 1.81 bits per heavy atom. The van der Waals surface area contributed by atoms with Gasteiger partial charge in [0.25, 0.3) is 6.01 Å². The first kappa shape index (κ1) is 24.5. The van der Waals surface area contributed by atoms with Gasteiger partial charge in [-0.2, -0.15) is 4.98 Å². The minimum absolute atomic E-state index is 0.0853. The summed E-state index contributed by atoms with van der Waals surface area (Å²) in [5, 5.41) is 3.21. The number of benzene rings is 3. The van der Waals surface area contributed by atoms with Gasteiger partial charge in [0.05, 0.1) is 12.7 Å². The highest BCUT2D eigenvalue weighted by Crippen LogP contribution is 2.26. The summed E-state index contributed by atoms with van der Waals surface area (Å²) in [6.45, 7) is 3.24. The SMILES string of the molecule is COC(=O)c1ccc(OC(C(=O)Cc2ccc3nc(Nc4ccccc4C)oc3c2)N2C[CH][CH]C2)cc1. The van der Waals surface area contributed by atoms with E-state index in [1.807, 2.05) is 67.1 Å². The molecule has 3 aromatic carbocycles. The largest absolute Gasteiger partial charge is 0.468 e. The van der Waals surface area contributed by atoms with Gasteiger partial charge in [-0.1, -0.05) is 24.3 Å². The Morgan fingerprint density at radius 3 is 2.54 bits per heavy atom. The van der Waals surface area contributed by atoms with Crippen molar-refractivity contribution in [2.75, 3.05) is 25.5 Å². The number of likely N-dealkylation sites (tertiary alicyclic amines) is 1. The standard InChI is InChI=1S/C29H27N3O5/c1-19-7-3-4-8-23(19)30-29-31-24-14-9-20(18-26(24)37-29)17-25(33)27(32-15-5-6-16-32)36-22-12-10-21(11-13-22)28(34)35-2/h3-14,18,27H,15-17H2,1-2H3,(H,30,31). The molecule has 1 saturated heterocycles. The predicted molar refractivity (Wildman–Crippen MR) is 140 cm³/mol. The second-order valence-electron chi connectivity index (χ2n) is 8.82. The summed E-state index contributed by atoms with van der Waals surface area (Å²) in [7, 11) is 1.33. The highest BCUT2D eigenvalue weighted by atomic mass is 16.5. The van der Waals surface area contributed by atoms with Crippen LogP contribution in [-0.4, -0.2) is 48.1 Å². The van der Waals surface area contributed by atoms with Crippen molar-refractivity contribution < 1.29 is 23.5 Å². The molecule has 1 fully saturated rings.